The SMILES string of the molecule is CN1CCC(Sc2cc(C(=O)Cc3ncc4ccc(-c5cncs5)cc4n3)ccn2)CC1. The second kappa shape index (κ2) is 9.44. The van der Waals surface area contributed by atoms with E-state index < -0.39 is 0 Å². The lowest BCUT2D eigenvalue weighted by Gasteiger charge is -2.28. The third-order valence-electron chi connectivity index (χ3n) is 5.68. The van der Waals surface area contributed by atoms with Gasteiger partial charge in [-0.15, -0.1) is 23.1 Å². The van der Waals surface area contributed by atoms with E-state index in [0.717, 1.165) is 52.3 Å². The lowest BCUT2D eigenvalue weighted by molar-refractivity contribution is 0.0990. The molecule has 0 atom stereocenters. The average Bonchev–Trinajstić information content (AvgIpc) is 3.35. The Morgan fingerprint density at radius 2 is 2.03 bits per heavy atom. The zero-order chi connectivity index (χ0) is 21.9. The fourth-order valence-electron chi connectivity index (χ4n) is 3.82. The number of thioether (sulfide) groups is 1. The van der Waals surface area contributed by atoms with Crippen LogP contribution in [0.3, 0.4) is 0 Å². The molecule has 0 spiro atoms. The standard InChI is InChI=1S/C24H23N5OS2/c1-29-8-5-19(6-9-29)32-24-11-16(4-7-26-24)21(30)12-23-27-13-18-3-2-17(10-20(18)28-23)22-14-25-15-31-22/h2-4,7,10-11,13-15,19H,5-6,8-9,12H2,1H3. The van der Waals surface area contributed by atoms with Crippen LogP contribution >= 0.6 is 23.1 Å². The number of pyridine rings is 1. The molecule has 5 rings (SSSR count). The van der Waals surface area contributed by atoms with E-state index in [4.69, 9.17) is 0 Å². The van der Waals surface area contributed by atoms with Gasteiger partial charge in [-0.1, -0.05) is 12.1 Å². The molecule has 4 heterocycles. The molecule has 0 radical (unpaired) electrons. The van der Waals surface area contributed by atoms with Crippen LogP contribution in [0.1, 0.15) is 29.0 Å². The van der Waals surface area contributed by atoms with Gasteiger partial charge in [0.1, 0.15) is 5.82 Å². The molecule has 0 unspecified atom stereocenters. The van der Waals surface area contributed by atoms with E-state index in [1.165, 1.54) is 0 Å². The molecule has 0 saturated carbocycles. The van der Waals surface area contributed by atoms with E-state index in [2.05, 4.69) is 31.9 Å². The second-order valence-electron chi connectivity index (χ2n) is 8.03. The minimum absolute atomic E-state index is 0.00980. The first-order chi connectivity index (χ1) is 15.6. The molecule has 1 fully saturated rings. The third-order valence-corrected chi connectivity index (χ3v) is 7.77. The van der Waals surface area contributed by atoms with Crippen LogP contribution in [0.4, 0.5) is 0 Å². The van der Waals surface area contributed by atoms with Crippen LogP contribution in [0.5, 0.6) is 0 Å². The Balaban J connectivity index is 1.31. The van der Waals surface area contributed by atoms with Crippen molar-refractivity contribution >= 4 is 39.8 Å². The molecule has 8 heteroatoms. The molecular weight excluding hydrogens is 438 g/mol. The lowest BCUT2D eigenvalue weighted by atomic mass is 10.1. The Morgan fingerprint density at radius 1 is 1.16 bits per heavy atom. The highest BCUT2D eigenvalue weighted by atomic mass is 32.2. The van der Waals surface area contributed by atoms with Gasteiger partial charge in [0.2, 0.25) is 0 Å². The number of thiazole rings is 1. The molecular formula is C24H23N5OS2. The third kappa shape index (κ3) is 4.87. The fraction of sp³-hybridized carbons (Fsp3) is 0.292. The van der Waals surface area contributed by atoms with E-state index >= 15 is 0 Å². The number of piperidine rings is 1. The number of rotatable bonds is 6. The fourth-order valence-corrected chi connectivity index (χ4v) is 5.55. The second-order valence-corrected chi connectivity index (χ2v) is 10.2. The summed E-state index contributed by atoms with van der Waals surface area (Å²) in [6.07, 6.45) is 7.83. The first-order valence-electron chi connectivity index (χ1n) is 10.6. The van der Waals surface area contributed by atoms with Gasteiger partial charge in [0, 0.05) is 34.8 Å². The first-order valence-corrected chi connectivity index (χ1v) is 12.4. The number of Topliss-reactive ketones (excluding diaryl/α,β-unsaturated/α-hetero) is 1. The van der Waals surface area contributed by atoms with Crippen molar-refractivity contribution in [2.45, 2.75) is 29.5 Å². The van der Waals surface area contributed by atoms with Crippen molar-refractivity contribution in [2.24, 2.45) is 0 Å². The lowest BCUT2D eigenvalue weighted by Crippen LogP contribution is -2.31. The minimum atomic E-state index is 0.00980. The van der Waals surface area contributed by atoms with E-state index in [-0.39, 0.29) is 12.2 Å². The van der Waals surface area contributed by atoms with Gasteiger partial charge in [0.05, 0.1) is 27.4 Å². The highest BCUT2D eigenvalue weighted by molar-refractivity contribution is 7.99. The Kier molecular flexibility index (Phi) is 6.25. The monoisotopic (exact) mass is 461 g/mol. The number of fused-ring (bicyclic) bond motifs is 1. The molecule has 0 amide bonds. The highest BCUT2D eigenvalue weighted by Gasteiger charge is 2.19. The van der Waals surface area contributed by atoms with Crippen molar-refractivity contribution in [1.29, 1.82) is 0 Å². The number of nitrogens with zero attached hydrogens (tertiary/aromatic N) is 5. The maximum Gasteiger partial charge on any atom is 0.170 e. The van der Waals surface area contributed by atoms with Gasteiger partial charge in [-0.2, -0.15) is 0 Å². The van der Waals surface area contributed by atoms with Crippen LogP contribution in [0.15, 0.2) is 59.5 Å². The van der Waals surface area contributed by atoms with Crippen LogP contribution in [-0.4, -0.2) is 56.0 Å². The molecule has 1 aliphatic rings. The summed E-state index contributed by atoms with van der Waals surface area (Å²) in [6.45, 7) is 2.22. The molecule has 162 valence electrons. The molecule has 0 aliphatic carbocycles. The number of hydrogen-bond donors (Lipinski definition) is 0. The number of benzene rings is 1. The van der Waals surface area contributed by atoms with Crippen molar-refractivity contribution < 1.29 is 4.79 Å². The van der Waals surface area contributed by atoms with Gasteiger partial charge in [0.15, 0.2) is 5.78 Å². The van der Waals surface area contributed by atoms with Crippen molar-refractivity contribution in [3.63, 3.8) is 0 Å². The first kappa shape index (κ1) is 21.2. The summed E-state index contributed by atoms with van der Waals surface area (Å²) in [5.74, 6) is 0.542. The van der Waals surface area contributed by atoms with Gasteiger partial charge in [-0.05, 0) is 56.7 Å². The van der Waals surface area contributed by atoms with Crippen LogP contribution < -0.4 is 0 Å². The summed E-state index contributed by atoms with van der Waals surface area (Å²) in [5.41, 5.74) is 4.39. The van der Waals surface area contributed by atoms with Gasteiger partial charge < -0.3 is 4.90 Å². The highest BCUT2D eigenvalue weighted by Crippen LogP contribution is 2.29. The smallest absolute Gasteiger partial charge is 0.170 e. The molecule has 1 saturated heterocycles. The zero-order valence-electron chi connectivity index (χ0n) is 17.8. The Morgan fingerprint density at radius 3 is 2.84 bits per heavy atom. The van der Waals surface area contributed by atoms with Crippen molar-refractivity contribution in [3.8, 4) is 10.4 Å². The maximum absolute atomic E-state index is 13.0. The van der Waals surface area contributed by atoms with Crippen molar-refractivity contribution in [1.82, 2.24) is 24.8 Å². The normalized spacial score (nSPS) is 15.3. The average molecular weight is 462 g/mol. The molecule has 4 aromatic rings. The summed E-state index contributed by atoms with van der Waals surface area (Å²) in [5, 5.41) is 2.43. The molecule has 0 bridgehead atoms. The predicted molar refractivity (Wildman–Crippen MR) is 129 cm³/mol. The molecule has 6 nitrogen and oxygen atoms in total. The minimum Gasteiger partial charge on any atom is -0.306 e. The summed E-state index contributed by atoms with van der Waals surface area (Å²) < 4.78 is 0. The maximum atomic E-state index is 13.0. The van der Waals surface area contributed by atoms with E-state index in [1.807, 2.05) is 36.0 Å². The molecule has 32 heavy (non-hydrogen) atoms. The Labute approximate surface area is 195 Å². The van der Waals surface area contributed by atoms with Gasteiger partial charge in [-0.25, -0.2) is 15.0 Å². The molecule has 0 N–H and O–H groups in total. The summed E-state index contributed by atoms with van der Waals surface area (Å²) in [6, 6.07) is 9.77. The molecule has 1 aromatic carbocycles. The van der Waals surface area contributed by atoms with E-state index in [9.17, 15) is 4.79 Å². The zero-order valence-corrected chi connectivity index (χ0v) is 19.4. The van der Waals surface area contributed by atoms with Crippen molar-refractivity contribution in [3.05, 3.63) is 65.8 Å². The van der Waals surface area contributed by atoms with Gasteiger partial charge in [0.25, 0.3) is 0 Å². The predicted octanol–water partition coefficient (Wildman–Crippen LogP) is 4.76. The topological polar surface area (TPSA) is 71.9 Å². The summed E-state index contributed by atoms with van der Waals surface area (Å²) in [7, 11) is 2.16. The number of aromatic nitrogens is 4. The number of hydrogen-bond acceptors (Lipinski definition) is 8. The van der Waals surface area contributed by atoms with Crippen LogP contribution in [0, 0.1) is 0 Å². The molecule has 1 aliphatic heterocycles. The molecule has 3 aromatic heterocycles. The number of carbonyl (C=O) groups excluding carboxylic acids is 1. The number of ketones is 1. The Bertz CT molecular complexity index is 1240. The van der Waals surface area contributed by atoms with Crippen molar-refractivity contribution in [2.75, 3.05) is 20.1 Å². The van der Waals surface area contributed by atoms with Crippen LogP contribution in [0.25, 0.3) is 21.3 Å². The largest absolute Gasteiger partial charge is 0.306 e. The van der Waals surface area contributed by atoms with E-state index in [0.29, 0.717) is 16.6 Å². The van der Waals surface area contributed by atoms with Crippen LogP contribution in [0.2, 0.25) is 0 Å². The number of likely N-dealkylation sites (tertiary alicyclic amines) is 1. The summed E-state index contributed by atoms with van der Waals surface area (Å²) in [4.78, 5) is 34.1. The van der Waals surface area contributed by atoms with Gasteiger partial charge >= 0.3 is 0 Å². The Hall–Kier alpha value is -2.68. The van der Waals surface area contributed by atoms with Crippen LogP contribution in [-0.2, 0) is 6.42 Å². The number of carbonyl (C=O) groups is 1. The summed E-state index contributed by atoms with van der Waals surface area (Å²) >= 11 is 3.37. The van der Waals surface area contributed by atoms with Gasteiger partial charge in [-0.3, -0.25) is 9.78 Å². The van der Waals surface area contributed by atoms with E-state index in [1.54, 1.807) is 41.6 Å². The quantitative estimate of drug-likeness (QED) is 0.383.